The molecule has 11 heteroatoms. The minimum Gasteiger partial charge on any atom is -0.475 e. The first-order chi connectivity index (χ1) is 13.8. The number of rotatable bonds is 3. The Labute approximate surface area is 165 Å². The van der Waals surface area contributed by atoms with Crippen LogP contribution in [0.1, 0.15) is 12.1 Å². The van der Waals surface area contributed by atoms with Crippen molar-refractivity contribution in [3.05, 3.63) is 30.1 Å². The molecule has 1 amide bonds. The molecule has 0 saturated carbocycles. The average Bonchev–Trinajstić information content (AvgIpc) is 3.39. The predicted octanol–water partition coefficient (Wildman–Crippen LogP) is 1.33. The third-order valence-electron chi connectivity index (χ3n) is 5.06. The number of alkyl halides is 3. The van der Waals surface area contributed by atoms with E-state index in [1.54, 1.807) is 0 Å². The number of aliphatic carboxylic acids is 1. The molecule has 0 unspecified atom stereocenters. The monoisotopic (exact) mass is 417 g/mol. The number of halogens is 3. The van der Waals surface area contributed by atoms with E-state index in [1.165, 1.54) is 5.06 Å². The normalized spacial score (nSPS) is 26.7. The first kappa shape index (κ1) is 21.5. The van der Waals surface area contributed by atoms with Crippen LogP contribution in [0, 0.1) is 11.8 Å². The fourth-order valence-electron chi connectivity index (χ4n) is 3.70. The SMILES string of the molecule is O=C(O)C(F)(F)F.O=C([C@H]1CO[C@@H]2CN(Cc3ccccn3)C[C@H]12)N1CCCO1. The molecule has 29 heavy (non-hydrogen) atoms. The van der Waals surface area contributed by atoms with E-state index < -0.39 is 12.1 Å². The highest BCUT2D eigenvalue weighted by atomic mass is 19.4. The van der Waals surface area contributed by atoms with Crippen LogP contribution < -0.4 is 0 Å². The van der Waals surface area contributed by atoms with E-state index in [9.17, 15) is 18.0 Å². The summed E-state index contributed by atoms with van der Waals surface area (Å²) in [5.74, 6) is -2.44. The van der Waals surface area contributed by atoms with E-state index in [4.69, 9.17) is 19.5 Å². The number of carbonyl (C=O) groups is 2. The Morgan fingerprint density at radius 3 is 2.62 bits per heavy atom. The molecule has 3 saturated heterocycles. The molecule has 3 aliphatic heterocycles. The van der Waals surface area contributed by atoms with Gasteiger partial charge in [-0.1, -0.05) is 6.07 Å². The first-order valence-electron chi connectivity index (χ1n) is 9.24. The zero-order chi connectivity index (χ0) is 21.0. The molecule has 0 aromatic carbocycles. The Morgan fingerprint density at radius 2 is 2.03 bits per heavy atom. The summed E-state index contributed by atoms with van der Waals surface area (Å²) >= 11 is 0. The number of nitrogens with zero attached hydrogens (tertiary/aromatic N) is 3. The number of hydrogen-bond donors (Lipinski definition) is 1. The third kappa shape index (κ3) is 5.43. The average molecular weight is 417 g/mol. The van der Waals surface area contributed by atoms with Gasteiger partial charge in [0, 0.05) is 31.7 Å². The van der Waals surface area contributed by atoms with E-state index in [1.807, 2.05) is 24.4 Å². The highest BCUT2D eigenvalue weighted by molar-refractivity contribution is 5.79. The molecule has 3 atom stereocenters. The van der Waals surface area contributed by atoms with Crippen LogP contribution in [-0.4, -0.2) is 77.1 Å². The number of carbonyl (C=O) groups excluding carboxylic acids is 1. The van der Waals surface area contributed by atoms with Gasteiger partial charge in [0.15, 0.2) is 0 Å². The molecular formula is C18H22F3N3O5. The number of hydrogen-bond acceptors (Lipinski definition) is 6. The number of carboxylic acids is 1. The van der Waals surface area contributed by atoms with Crippen LogP contribution in [0.25, 0.3) is 0 Å². The van der Waals surface area contributed by atoms with Crippen LogP contribution >= 0.6 is 0 Å². The molecule has 8 nitrogen and oxygen atoms in total. The van der Waals surface area contributed by atoms with Crippen LogP contribution in [0.5, 0.6) is 0 Å². The molecule has 4 heterocycles. The van der Waals surface area contributed by atoms with Crippen molar-refractivity contribution in [2.75, 3.05) is 32.8 Å². The third-order valence-corrected chi connectivity index (χ3v) is 5.06. The van der Waals surface area contributed by atoms with Crippen molar-refractivity contribution in [3.63, 3.8) is 0 Å². The fraction of sp³-hybridized carbons (Fsp3) is 0.611. The van der Waals surface area contributed by atoms with Crippen molar-refractivity contribution >= 4 is 11.9 Å². The summed E-state index contributed by atoms with van der Waals surface area (Å²) in [6, 6.07) is 5.97. The van der Waals surface area contributed by atoms with Gasteiger partial charge in [0.05, 0.1) is 37.5 Å². The van der Waals surface area contributed by atoms with Crippen molar-refractivity contribution in [3.8, 4) is 0 Å². The number of aromatic nitrogens is 1. The van der Waals surface area contributed by atoms with E-state index in [0.717, 1.165) is 31.7 Å². The number of pyridine rings is 1. The predicted molar refractivity (Wildman–Crippen MR) is 92.2 cm³/mol. The molecule has 1 aromatic rings. The Kier molecular flexibility index (Phi) is 6.70. The molecule has 1 N–H and O–H groups in total. The molecule has 0 aliphatic carbocycles. The molecule has 3 fully saturated rings. The maximum atomic E-state index is 12.5. The summed E-state index contributed by atoms with van der Waals surface area (Å²) in [6.45, 7) is 4.49. The largest absolute Gasteiger partial charge is 0.490 e. The zero-order valence-electron chi connectivity index (χ0n) is 15.5. The molecule has 0 radical (unpaired) electrons. The molecule has 3 aliphatic rings. The summed E-state index contributed by atoms with van der Waals surface area (Å²) in [4.78, 5) is 33.6. The lowest BCUT2D eigenvalue weighted by atomic mass is 9.92. The maximum absolute atomic E-state index is 12.5. The molecule has 4 rings (SSSR count). The second kappa shape index (κ2) is 9.06. The van der Waals surface area contributed by atoms with Crippen LogP contribution in [0.15, 0.2) is 24.4 Å². The van der Waals surface area contributed by atoms with Gasteiger partial charge < -0.3 is 9.84 Å². The van der Waals surface area contributed by atoms with Gasteiger partial charge in [-0.2, -0.15) is 13.2 Å². The van der Waals surface area contributed by atoms with Gasteiger partial charge in [-0.3, -0.25) is 19.5 Å². The lowest BCUT2D eigenvalue weighted by Gasteiger charge is -2.22. The Bertz CT molecular complexity index is 712. The topological polar surface area (TPSA) is 92.2 Å². The summed E-state index contributed by atoms with van der Waals surface area (Å²) < 4.78 is 37.6. The van der Waals surface area contributed by atoms with Crippen LogP contribution in [0.4, 0.5) is 13.2 Å². The number of fused-ring (bicyclic) bond motifs is 1. The van der Waals surface area contributed by atoms with Gasteiger partial charge in [-0.15, -0.1) is 0 Å². The lowest BCUT2D eigenvalue weighted by Crippen LogP contribution is -2.38. The van der Waals surface area contributed by atoms with Crippen LogP contribution in [-0.2, 0) is 25.7 Å². The van der Waals surface area contributed by atoms with Gasteiger partial charge in [0.2, 0.25) is 0 Å². The zero-order valence-corrected chi connectivity index (χ0v) is 15.5. The number of likely N-dealkylation sites (tertiary alicyclic amines) is 1. The molecular weight excluding hydrogens is 395 g/mol. The van der Waals surface area contributed by atoms with E-state index in [-0.39, 0.29) is 23.8 Å². The Morgan fingerprint density at radius 1 is 1.28 bits per heavy atom. The van der Waals surface area contributed by atoms with E-state index >= 15 is 0 Å². The molecule has 0 spiro atoms. The van der Waals surface area contributed by atoms with Crippen molar-refractivity contribution < 1.29 is 37.4 Å². The van der Waals surface area contributed by atoms with Gasteiger partial charge >= 0.3 is 12.1 Å². The smallest absolute Gasteiger partial charge is 0.475 e. The minimum absolute atomic E-state index is 0.0585. The molecule has 160 valence electrons. The van der Waals surface area contributed by atoms with Gasteiger partial charge in [-0.25, -0.2) is 9.86 Å². The number of ether oxygens (including phenoxy) is 1. The van der Waals surface area contributed by atoms with Crippen LogP contribution in [0.2, 0.25) is 0 Å². The molecule has 0 bridgehead atoms. The lowest BCUT2D eigenvalue weighted by molar-refractivity contribution is -0.192. The minimum atomic E-state index is -5.08. The van der Waals surface area contributed by atoms with Gasteiger partial charge in [-0.05, 0) is 18.6 Å². The maximum Gasteiger partial charge on any atom is 0.490 e. The van der Waals surface area contributed by atoms with E-state index in [0.29, 0.717) is 19.8 Å². The number of carboxylic acid groups (broad SMARTS) is 1. The van der Waals surface area contributed by atoms with Crippen LogP contribution in [0.3, 0.4) is 0 Å². The van der Waals surface area contributed by atoms with Crippen molar-refractivity contribution in [2.45, 2.75) is 25.2 Å². The summed E-state index contributed by atoms with van der Waals surface area (Å²) in [5, 5.41) is 8.66. The summed E-state index contributed by atoms with van der Waals surface area (Å²) in [5.41, 5.74) is 1.06. The Hall–Kier alpha value is -2.24. The van der Waals surface area contributed by atoms with Gasteiger partial charge in [0.25, 0.3) is 5.91 Å². The first-order valence-corrected chi connectivity index (χ1v) is 9.24. The number of amides is 1. The van der Waals surface area contributed by atoms with Gasteiger partial charge in [0.1, 0.15) is 0 Å². The highest BCUT2D eigenvalue weighted by Gasteiger charge is 2.48. The molecule has 1 aromatic heterocycles. The van der Waals surface area contributed by atoms with Crippen molar-refractivity contribution in [1.82, 2.24) is 14.9 Å². The standard InChI is InChI=1S/C16H21N3O3.C2HF3O2/c20-16(19-6-3-7-22-19)14-11-21-15-10-18(9-13(14)15)8-12-4-1-2-5-17-12;3-2(4,5)1(6)7/h1-2,4-5,13-15H,3,6-11H2;(H,6,7)/t13-,14+,15-;/m1./s1. The second-order valence-electron chi connectivity index (χ2n) is 7.09. The second-order valence-corrected chi connectivity index (χ2v) is 7.09. The van der Waals surface area contributed by atoms with Crippen molar-refractivity contribution in [2.24, 2.45) is 11.8 Å². The van der Waals surface area contributed by atoms with Crippen molar-refractivity contribution in [1.29, 1.82) is 0 Å². The Balaban J connectivity index is 0.000000298. The van der Waals surface area contributed by atoms with E-state index in [2.05, 4.69) is 9.88 Å². The highest BCUT2D eigenvalue weighted by Crippen LogP contribution is 2.35. The summed E-state index contributed by atoms with van der Waals surface area (Å²) in [7, 11) is 0. The quantitative estimate of drug-likeness (QED) is 0.793. The summed E-state index contributed by atoms with van der Waals surface area (Å²) in [6.07, 6.45) is -2.17. The number of hydroxylamine groups is 2. The fourth-order valence-corrected chi connectivity index (χ4v) is 3.70.